The van der Waals surface area contributed by atoms with Crippen molar-refractivity contribution >= 4 is 74.6 Å². The molecule has 0 N–H and O–H groups in total. The van der Waals surface area contributed by atoms with Gasteiger partial charge in [0.2, 0.25) is 5.83 Å². The van der Waals surface area contributed by atoms with Crippen molar-refractivity contribution in [3.63, 3.8) is 0 Å². The second-order valence-electron chi connectivity index (χ2n) is 17.3. The van der Waals surface area contributed by atoms with Crippen molar-refractivity contribution in [3.05, 3.63) is 209 Å². The van der Waals surface area contributed by atoms with Crippen LogP contribution in [0.15, 0.2) is 180 Å². The number of aryl methyl sites for hydroxylation is 1. The molecule has 0 bridgehead atoms. The van der Waals surface area contributed by atoms with E-state index < -0.39 is 47.2 Å². The second-order valence-corrected chi connectivity index (χ2v) is 17.3. The number of unbranched alkanes of at least 4 members (excludes halogenated alkanes) is 3. The summed E-state index contributed by atoms with van der Waals surface area (Å²) < 4.78 is 62.4. The minimum atomic E-state index is -1.25. The number of hydrogen-bond donors (Lipinski definition) is 0. The van der Waals surface area contributed by atoms with Crippen molar-refractivity contribution in [2.24, 2.45) is 10.2 Å². The second kappa shape index (κ2) is 24.4. The summed E-state index contributed by atoms with van der Waals surface area (Å²) in [5.41, 5.74) is 2.01. The SMILES string of the molecule is C=C(C)C(=O)OCCCCCCc1ccc(C(=O)Oc2ccc(OC(=O)c3ccc(OC(=O)c4ccc5cc(OC(=O)C(=C)F)ccc5c4)c(OC)c3)c(/C=N/N=C/c3c4ccccc4cc4ccccc34)c2F)cc1. The fraction of sp³-hybridized carbons (Fsp3) is 0.131. The standard InChI is InChI=1S/C61H48F2N2O11/c1-37(2)57(66)72-30-12-6-5-7-13-39-18-20-40(21-19-39)59(68)76-54-29-28-52(51(56(54)63)36-65-64-35-50-48-16-10-8-14-43(48)32-44-15-9-11-17-49(44)50)74-61(70)46-25-27-53(55(34-46)71-4)75-60(69)45-23-22-42-33-47(26-24-41(42)31-45)73-58(67)38(3)62/h8-11,14-29,31-36H,1,3,5-7,12-13,30H2,2,4H3/b64-35+,65-36+. The van der Waals surface area contributed by atoms with E-state index in [9.17, 15) is 28.4 Å². The molecule has 0 aromatic heterocycles. The van der Waals surface area contributed by atoms with Crippen LogP contribution in [0.2, 0.25) is 0 Å². The fourth-order valence-corrected chi connectivity index (χ4v) is 8.03. The number of nitrogens with zero attached hydrogens (tertiary/aromatic N) is 2. The predicted octanol–water partition coefficient (Wildman–Crippen LogP) is 13.0. The first-order valence-electron chi connectivity index (χ1n) is 23.9. The lowest BCUT2D eigenvalue weighted by atomic mass is 9.97. The Balaban J connectivity index is 0.993. The predicted molar refractivity (Wildman–Crippen MR) is 285 cm³/mol. The van der Waals surface area contributed by atoms with Crippen LogP contribution in [0.25, 0.3) is 32.3 Å². The molecule has 0 aliphatic rings. The van der Waals surface area contributed by atoms with Crippen LogP contribution in [0.5, 0.6) is 28.7 Å². The zero-order chi connectivity index (χ0) is 53.7. The molecule has 382 valence electrons. The molecule has 15 heteroatoms. The van der Waals surface area contributed by atoms with Gasteiger partial charge >= 0.3 is 29.8 Å². The van der Waals surface area contributed by atoms with Crippen LogP contribution in [0.1, 0.15) is 80.4 Å². The molecular weight excluding hydrogens is 975 g/mol. The van der Waals surface area contributed by atoms with Gasteiger partial charge in [-0.2, -0.15) is 14.6 Å². The Morgan fingerprint density at radius 3 is 1.76 bits per heavy atom. The van der Waals surface area contributed by atoms with Crippen LogP contribution in [0, 0.1) is 5.82 Å². The lowest BCUT2D eigenvalue weighted by Crippen LogP contribution is -2.14. The molecule has 0 saturated carbocycles. The summed E-state index contributed by atoms with van der Waals surface area (Å²) in [7, 11) is 1.31. The Morgan fingerprint density at radius 2 is 1.08 bits per heavy atom. The third kappa shape index (κ3) is 12.9. The molecule has 0 radical (unpaired) electrons. The number of methoxy groups -OCH3 is 1. The average Bonchev–Trinajstić information content (AvgIpc) is 3.45. The number of benzene rings is 8. The highest BCUT2D eigenvalue weighted by Crippen LogP contribution is 2.33. The van der Waals surface area contributed by atoms with E-state index in [1.807, 2.05) is 48.5 Å². The maximum atomic E-state index is 16.7. The lowest BCUT2D eigenvalue weighted by molar-refractivity contribution is -0.139. The highest BCUT2D eigenvalue weighted by molar-refractivity contribution is 6.13. The molecule has 0 heterocycles. The van der Waals surface area contributed by atoms with E-state index in [2.05, 4.69) is 29.4 Å². The van der Waals surface area contributed by atoms with Gasteiger partial charge in [-0.1, -0.05) is 98.8 Å². The summed E-state index contributed by atoms with van der Waals surface area (Å²) >= 11 is 0. The smallest absolute Gasteiger partial charge is 0.371 e. The van der Waals surface area contributed by atoms with Crippen molar-refractivity contribution in [1.82, 2.24) is 0 Å². The molecular formula is C61H48F2N2O11. The molecule has 8 rings (SSSR count). The van der Waals surface area contributed by atoms with Gasteiger partial charge in [0.1, 0.15) is 11.5 Å². The van der Waals surface area contributed by atoms with Gasteiger partial charge in [-0.05, 0) is 137 Å². The van der Waals surface area contributed by atoms with E-state index in [4.69, 9.17) is 28.4 Å². The number of rotatable bonds is 20. The largest absolute Gasteiger partial charge is 0.493 e. The summed E-state index contributed by atoms with van der Waals surface area (Å²) in [4.78, 5) is 63.8. The van der Waals surface area contributed by atoms with Crippen molar-refractivity contribution in [2.45, 2.75) is 39.0 Å². The number of esters is 5. The molecule has 8 aromatic carbocycles. The average molecular weight is 1020 g/mol. The normalized spacial score (nSPS) is 11.2. The van der Waals surface area contributed by atoms with Gasteiger partial charge in [0.25, 0.3) is 0 Å². The fourth-order valence-electron chi connectivity index (χ4n) is 8.03. The number of ether oxygens (including phenoxy) is 6. The van der Waals surface area contributed by atoms with Crippen molar-refractivity contribution in [1.29, 1.82) is 0 Å². The van der Waals surface area contributed by atoms with Gasteiger partial charge in [0.15, 0.2) is 23.1 Å². The van der Waals surface area contributed by atoms with Crippen LogP contribution >= 0.6 is 0 Å². The van der Waals surface area contributed by atoms with Crippen LogP contribution < -0.4 is 23.7 Å². The molecule has 13 nitrogen and oxygen atoms in total. The monoisotopic (exact) mass is 1020 g/mol. The summed E-state index contributed by atoms with van der Waals surface area (Å²) in [5, 5.41) is 13.4. The van der Waals surface area contributed by atoms with E-state index in [1.54, 1.807) is 55.6 Å². The first-order chi connectivity index (χ1) is 36.8. The molecule has 0 amide bonds. The highest BCUT2D eigenvalue weighted by Gasteiger charge is 2.23. The van der Waals surface area contributed by atoms with E-state index in [0.29, 0.717) is 23.0 Å². The van der Waals surface area contributed by atoms with Gasteiger partial charge in [-0.25, -0.2) is 28.4 Å². The lowest BCUT2D eigenvalue weighted by Gasteiger charge is -2.13. The first-order valence-corrected chi connectivity index (χ1v) is 23.9. The van der Waals surface area contributed by atoms with Crippen molar-refractivity contribution in [3.8, 4) is 28.7 Å². The van der Waals surface area contributed by atoms with Gasteiger partial charge in [-0.15, -0.1) is 0 Å². The number of hydrogen-bond acceptors (Lipinski definition) is 13. The minimum absolute atomic E-state index is 0.0150. The highest BCUT2D eigenvalue weighted by atomic mass is 19.1. The van der Waals surface area contributed by atoms with Gasteiger partial charge in [0.05, 0.1) is 48.4 Å². The molecule has 0 aliphatic heterocycles. The van der Waals surface area contributed by atoms with E-state index in [1.165, 1.54) is 49.6 Å². The molecule has 76 heavy (non-hydrogen) atoms. The van der Waals surface area contributed by atoms with E-state index >= 15 is 4.39 Å². The van der Waals surface area contributed by atoms with E-state index in [0.717, 1.165) is 77.1 Å². The topological polar surface area (TPSA) is 165 Å². The Morgan fingerprint density at radius 1 is 0.526 bits per heavy atom. The van der Waals surface area contributed by atoms with Crippen molar-refractivity contribution in [2.75, 3.05) is 13.7 Å². The van der Waals surface area contributed by atoms with Crippen LogP contribution in [0.3, 0.4) is 0 Å². The maximum Gasteiger partial charge on any atom is 0.371 e. The Bertz CT molecular complexity index is 3590. The van der Waals surface area contributed by atoms with Gasteiger partial charge in [0, 0.05) is 11.1 Å². The number of fused-ring (bicyclic) bond motifs is 3. The number of carbonyl (C=O) groups is 5. The summed E-state index contributed by atoms with van der Waals surface area (Å²) in [6.45, 7) is 8.44. The zero-order valence-corrected chi connectivity index (χ0v) is 41.3. The van der Waals surface area contributed by atoms with Crippen LogP contribution in [-0.2, 0) is 20.7 Å². The summed E-state index contributed by atoms with van der Waals surface area (Å²) in [5.74, 6) is -7.24. The van der Waals surface area contributed by atoms with Gasteiger partial charge in [-0.3, -0.25) is 0 Å². The number of carbonyl (C=O) groups excluding carboxylic acids is 5. The molecule has 0 aliphatic carbocycles. The minimum Gasteiger partial charge on any atom is -0.493 e. The number of halogens is 2. The molecule has 0 atom stereocenters. The molecule has 0 fully saturated rings. The Labute approximate surface area is 435 Å². The third-order valence-electron chi connectivity index (χ3n) is 12.0. The summed E-state index contributed by atoms with van der Waals surface area (Å²) in [6.07, 6.45) is 6.77. The van der Waals surface area contributed by atoms with E-state index in [-0.39, 0.29) is 45.3 Å². The first kappa shape index (κ1) is 52.7. The zero-order valence-electron chi connectivity index (χ0n) is 41.3. The third-order valence-corrected chi connectivity index (χ3v) is 12.0. The molecule has 0 unspecified atom stereocenters. The van der Waals surface area contributed by atoms with Crippen LogP contribution in [0.4, 0.5) is 8.78 Å². The molecule has 0 spiro atoms. The quantitative estimate of drug-likeness (QED) is 0.0136. The van der Waals surface area contributed by atoms with Crippen LogP contribution in [-0.4, -0.2) is 56.0 Å². The Kier molecular flexibility index (Phi) is 16.9. The van der Waals surface area contributed by atoms with Crippen molar-refractivity contribution < 1.29 is 61.2 Å². The van der Waals surface area contributed by atoms with Gasteiger partial charge < -0.3 is 28.4 Å². The molecule has 0 saturated heterocycles. The summed E-state index contributed by atoms with van der Waals surface area (Å²) in [6, 6.07) is 39.8. The maximum absolute atomic E-state index is 16.7. The Hall–Kier alpha value is -9.63. The molecule has 8 aromatic rings.